The molecule has 0 radical (unpaired) electrons. The summed E-state index contributed by atoms with van der Waals surface area (Å²) in [6.07, 6.45) is -0.422. The Morgan fingerprint density at radius 1 is 1.08 bits per heavy atom. The molecule has 0 atom stereocenters. The molecule has 1 aromatic rings. The third-order valence-corrected chi connectivity index (χ3v) is 5.98. The van der Waals surface area contributed by atoms with E-state index < -0.39 is 16.1 Å². The first kappa shape index (κ1) is 19.3. The smallest absolute Gasteiger partial charge is 0.409 e. The van der Waals surface area contributed by atoms with Gasteiger partial charge in [-0.05, 0) is 25.5 Å². The zero-order valence-corrected chi connectivity index (χ0v) is 15.8. The van der Waals surface area contributed by atoms with Crippen LogP contribution in [0.3, 0.4) is 0 Å². The molecular formula is C16H24N2O6S. The van der Waals surface area contributed by atoms with Crippen molar-refractivity contribution in [2.75, 3.05) is 47.0 Å². The number of nitrogens with zero attached hydrogens (tertiary/aromatic N) is 2. The Balaban J connectivity index is 2.24. The van der Waals surface area contributed by atoms with Gasteiger partial charge < -0.3 is 19.1 Å². The Labute approximate surface area is 148 Å². The molecule has 1 fully saturated rings. The van der Waals surface area contributed by atoms with Crippen LogP contribution in [0.4, 0.5) is 4.79 Å². The van der Waals surface area contributed by atoms with Crippen LogP contribution in [0, 0.1) is 6.92 Å². The van der Waals surface area contributed by atoms with Gasteiger partial charge in [0.1, 0.15) is 16.4 Å². The SMILES string of the molecule is CCOC(=O)N1CCN(S(=O)(=O)c2cc(OC)c(C)cc2OC)CC1. The van der Waals surface area contributed by atoms with Gasteiger partial charge in [0.2, 0.25) is 10.0 Å². The maximum atomic E-state index is 13.0. The molecule has 0 aliphatic carbocycles. The number of hydrogen-bond donors (Lipinski definition) is 0. The van der Waals surface area contributed by atoms with Gasteiger partial charge in [0.05, 0.1) is 20.8 Å². The molecule has 140 valence electrons. The molecule has 0 aromatic heterocycles. The van der Waals surface area contributed by atoms with E-state index in [0.717, 1.165) is 5.56 Å². The summed E-state index contributed by atoms with van der Waals surface area (Å²) in [6.45, 7) is 4.79. The molecule has 1 aromatic carbocycles. The van der Waals surface area contributed by atoms with E-state index in [0.29, 0.717) is 5.75 Å². The van der Waals surface area contributed by atoms with Gasteiger partial charge in [0.25, 0.3) is 0 Å². The predicted octanol–water partition coefficient (Wildman–Crippen LogP) is 1.48. The lowest BCUT2D eigenvalue weighted by Crippen LogP contribution is -2.50. The van der Waals surface area contributed by atoms with Gasteiger partial charge in [0, 0.05) is 32.2 Å². The molecule has 2 rings (SSSR count). The topological polar surface area (TPSA) is 85.4 Å². The number of ether oxygens (including phenoxy) is 3. The number of benzene rings is 1. The highest BCUT2D eigenvalue weighted by Gasteiger charge is 2.33. The Morgan fingerprint density at radius 2 is 1.68 bits per heavy atom. The Bertz CT molecular complexity index is 726. The van der Waals surface area contributed by atoms with Crippen LogP contribution in [0.2, 0.25) is 0 Å². The molecular weight excluding hydrogens is 348 g/mol. The lowest BCUT2D eigenvalue weighted by molar-refractivity contribution is 0.0934. The molecule has 25 heavy (non-hydrogen) atoms. The minimum Gasteiger partial charge on any atom is -0.496 e. The third kappa shape index (κ3) is 3.98. The molecule has 1 amide bonds. The standard InChI is InChI=1S/C16H24N2O6S/c1-5-24-16(19)17-6-8-18(9-7-17)25(20,21)15-11-13(22-3)12(2)10-14(15)23-4/h10-11H,5-9H2,1-4H3. The van der Waals surface area contributed by atoms with Crippen molar-refractivity contribution < 1.29 is 27.4 Å². The van der Waals surface area contributed by atoms with Crippen LogP contribution in [0.5, 0.6) is 11.5 Å². The van der Waals surface area contributed by atoms with Crippen molar-refractivity contribution >= 4 is 16.1 Å². The van der Waals surface area contributed by atoms with E-state index in [-0.39, 0.29) is 43.4 Å². The first-order chi connectivity index (χ1) is 11.8. The van der Waals surface area contributed by atoms with Crippen molar-refractivity contribution in [3.63, 3.8) is 0 Å². The lowest BCUT2D eigenvalue weighted by Gasteiger charge is -2.33. The van der Waals surface area contributed by atoms with E-state index >= 15 is 0 Å². The summed E-state index contributed by atoms with van der Waals surface area (Å²) in [7, 11) is -0.847. The second-order valence-electron chi connectivity index (χ2n) is 5.56. The summed E-state index contributed by atoms with van der Waals surface area (Å²) >= 11 is 0. The highest BCUT2D eigenvalue weighted by Crippen LogP contribution is 2.33. The van der Waals surface area contributed by atoms with Crippen molar-refractivity contribution in [3.8, 4) is 11.5 Å². The van der Waals surface area contributed by atoms with Crippen LogP contribution < -0.4 is 9.47 Å². The number of methoxy groups -OCH3 is 2. The second-order valence-corrected chi connectivity index (χ2v) is 7.47. The van der Waals surface area contributed by atoms with Crippen molar-refractivity contribution in [2.45, 2.75) is 18.7 Å². The molecule has 1 aliphatic rings. The van der Waals surface area contributed by atoms with Gasteiger partial charge in [-0.2, -0.15) is 4.31 Å². The van der Waals surface area contributed by atoms with Gasteiger partial charge in [-0.1, -0.05) is 0 Å². The minimum atomic E-state index is -3.77. The molecule has 1 aliphatic heterocycles. The van der Waals surface area contributed by atoms with E-state index in [1.807, 2.05) is 6.92 Å². The van der Waals surface area contributed by atoms with Gasteiger partial charge in [-0.25, -0.2) is 13.2 Å². The summed E-state index contributed by atoms with van der Waals surface area (Å²) < 4.78 is 42.8. The number of amides is 1. The molecule has 0 bridgehead atoms. The van der Waals surface area contributed by atoms with Crippen LogP contribution in [0.1, 0.15) is 12.5 Å². The zero-order chi connectivity index (χ0) is 18.6. The number of aryl methyl sites for hydroxylation is 1. The molecule has 8 nitrogen and oxygen atoms in total. The molecule has 0 N–H and O–H groups in total. The van der Waals surface area contributed by atoms with Crippen molar-refractivity contribution in [1.82, 2.24) is 9.21 Å². The number of carbonyl (C=O) groups is 1. The van der Waals surface area contributed by atoms with Crippen LogP contribution in [-0.2, 0) is 14.8 Å². The summed E-state index contributed by atoms with van der Waals surface area (Å²) in [4.78, 5) is 13.3. The summed E-state index contributed by atoms with van der Waals surface area (Å²) in [5.41, 5.74) is 0.783. The number of carbonyl (C=O) groups excluding carboxylic acids is 1. The van der Waals surface area contributed by atoms with Crippen LogP contribution >= 0.6 is 0 Å². The number of hydrogen-bond acceptors (Lipinski definition) is 6. The Morgan fingerprint density at radius 3 is 2.20 bits per heavy atom. The fraction of sp³-hybridized carbons (Fsp3) is 0.562. The Hall–Kier alpha value is -2.00. The number of sulfonamides is 1. The predicted molar refractivity (Wildman–Crippen MR) is 91.6 cm³/mol. The lowest BCUT2D eigenvalue weighted by atomic mass is 10.2. The van der Waals surface area contributed by atoms with Crippen molar-refractivity contribution in [3.05, 3.63) is 17.7 Å². The highest BCUT2D eigenvalue weighted by atomic mass is 32.2. The van der Waals surface area contributed by atoms with E-state index in [4.69, 9.17) is 14.2 Å². The van der Waals surface area contributed by atoms with Gasteiger partial charge >= 0.3 is 6.09 Å². The fourth-order valence-corrected chi connectivity index (χ4v) is 4.26. The summed E-state index contributed by atoms with van der Waals surface area (Å²) in [6, 6.07) is 3.11. The fourth-order valence-electron chi connectivity index (χ4n) is 2.69. The normalized spacial score (nSPS) is 15.8. The quantitative estimate of drug-likeness (QED) is 0.778. The largest absolute Gasteiger partial charge is 0.496 e. The maximum Gasteiger partial charge on any atom is 0.409 e. The maximum absolute atomic E-state index is 13.0. The van der Waals surface area contributed by atoms with Gasteiger partial charge in [-0.15, -0.1) is 0 Å². The molecule has 9 heteroatoms. The van der Waals surface area contributed by atoms with Gasteiger partial charge in [0.15, 0.2) is 0 Å². The summed E-state index contributed by atoms with van der Waals surface area (Å²) in [5, 5.41) is 0. The monoisotopic (exact) mass is 372 g/mol. The zero-order valence-electron chi connectivity index (χ0n) is 14.9. The third-order valence-electron chi connectivity index (χ3n) is 4.06. The van der Waals surface area contributed by atoms with E-state index in [1.165, 1.54) is 29.5 Å². The minimum absolute atomic E-state index is 0.0574. The van der Waals surface area contributed by atoms with Gasteiger partial charge in [-0.3, -0.25) is 0 Å². The molecule has 0 unspecified atom stereocenters. The van der Waals surface area contributed by atoms with Crippen molar-refractivity contribution in [2.24, 2.45) is 0 Å². The van der Waals surface area contributed by atoms with E-state index in [9.17, 15) is 13.2 Å². The highest BCUT2D eigenvalue weighted by molar-refractivity contribution is 7.89. The first-order valence-electron chi connectivity index (χ1n) is 7.99. The summed E-state index contributed by atoms with van der Waals surface area (Å²) in [5.74, 6) is 0.746. The number of rotatable bonds is 5. The first-order valence-corrected chi connectivity index (χ1v) is 9.43. The molecule has 1 heterocycles. The average Bonchev–Trinajstić information content (AvgIpc) is 2.61. The van der Waals surface area contributed by atoms with Crippen LogP contribution in [0.15, 0.2) is 17.0 Å². The van der Waals surface area contributed by atoms with Crippen molar-refractivity contribution in [1.29, 1.82) is 0 Å². The van der Waals surface area contributed by atoms with Crippen LogP contribution in [0.25, 0.3) is 0 Å². The number of piperazine rings is 1. The average molecular weight is 372 g/mol. The van der Waals surface area contributed by atoms with E-state index in [1.54, 1.807) is 13.0 Å². The molecule has 1 saturated heterocycles. The van der Waals surface area contributed by atoms with E-state index in [2.05, 4.69) is 0 Å². The molecule has 0 saturated carbocycles. The van der Waals surface area contributed by atoms with Crippen LogP contribution in [-0.4, -0.2) is 70.7 Å². The Kier molecular flexibility index (Phi) is 6.12. The second kappa shape index (κ2) is 7.92. The molecule has 0 spiro atoms.